The van der Waals surface area contributed by atoms with Crippen LogP contribution in [0, 0.1) is 12.7 Å². The van der Waals surface area contributed by atoms with Gasteiger partial charge in [0.25, 0.3) is 0 Å². The van der Waals surface area contributed by atoms with Gasteiger partial charge >= 0.3 is 5.97 Å². The number of H-pyrrole nitrogens is 1. The van der Waals surface area contributed by atoms with Gasteiger partial charge in [0.15, 0.2) is 5.69 Å². The van der Waals surface area contributed by atoms with Gasteiger partial charge in [-0.15, -0.1) is 0 Å². The lowest BCUT2D eigenvalue weighted by Gasteiger charge is -2.08. The number of hydrogen-bond acceptors (Lipinski definition) is 3. The van der Waals surface area contributed by atoms with E-state index in [1.54, 1.807) is 31.2 Å². The fourth-order valence-electron chi connectivity index (χ4n) is 2.31. The zero-order valence-electron chi connectivity index (χ0n) is 11.9. The zero-order chi connectivity index (χ0) is 15.7. The van der Waals surface area contributed by atoms with Crippen molar-refractivity contribution in [3.63, 3.8) is 0 Å². The zero-order valence-corrected chi connectivity index (χ0v) is 11.9. The second-order valence-corrected chi connectivity index (χ2v) is 5.07. The molecule has 1 aromatic heterocycles. The molecule has 0 amide bonds. The molecule has 6 heteroatoms. The minimum atomic E-state index is -1.07. The van der Waals surface area contributed by atoms with Crippen molar-refractivity contribution in [2.75, 3.05) is 5.32 Å². The minimum Gasteiger partial charge on any atom is -0.476 e. The van der Waals surface area contributed by atoms with Gasteiger partial charge in [-0.3, -0.25) is 5.10 Å². The molecule has 0 radical (unpaired) electrons. The van der Waals surface area contributed by atoms with E-state index in [1.165, 1.54) is 6.07 Å². The highest BCUT2D eigenvalue weighted by molar-refractivity contribution is 6.01. The lowest BCUT2D eigenvalue weighted by Crippen LogP contribution is -2.01. The number of anilines is 1. The van der Waals surface area contributed by atoms with Gasteiger partial charge in [-0.2, -0.15) is 5.10 Å². The Hall–Kier alpha value is -2.89. The van der Waals surface area contributed by atoms with Crippen LogP contribution < -0.4 is 5.32 Å². The van der Waals surface area contributed by atoms with Crippen LogP contribution in [0.3, 0.4) is 0 Å². The first-order valence-electron chi connectivity index (χ1n) is 6.75. The van der Waals surface area contributed by atoms with E-state index in [4.69, 9.17) is 5.11 Å². The SMILES string of the molecule is Cc1cc(CNc2ccc3[nH]nc(C(=O)O)c3c2)ccc1F. The first-order valence-corrected chi connectivity index (χ1v) is 6.75. The lowest BCUT2D eigenvalue weighted by molar-refractivity contribution is 0.0692. The van der Waals surface area contributed by atoms with Crippen molar-refractivity contribution >= 4 is 22.6 Å². The minimum absolute atomic E-state index is 0.00345. The van der Waals surface area contributed by atoms with E-state index in [0.717, 1.165) is 11.3 Å². The number of carboxylic acid groups (broad SMARTS) is 1. The molecule has 2 aromatic carbocycles. The molecule has 3 aromatic rings. The van der Waals surface area contributed by atoms with Gasteiger partial charge in [0, 0.05) is 17.6 Å². The Bertz CT molecular complexity index is 858. The topological polar surface area (TPSA) is 78.0 Å². The third-order valence-corrected chi connectivity index (χ3v) is 3.48. The summed E-state index contributed by atoms with van der Waals surface area (Å²) in [6, 6.07) is 10.3. The molecule has 0 fully saturated rings. The molecule has 1 heterocycles. The van der Waals surface area contributed by atoms with Crippen molar-refractivity contribution in [1.82, 2.24) is 10.2 Å². The highest BCUT2D eigenvalue weighted by Gasteiger charge is 2.12. The Morgan fingerprint density at radius 3 is 2.86 bits per heavy atom. The molecule has 112 valence electrons. The molecule has 3 N–H and O–H groups in total. The second kappa shape index (κ2) is 5.48. The average molecular weight is 299 g/mol. The Morgan fingerprint density at radius 2 is 2.14 bits per heavy atom. The van der Waals surface area contributed by atoms with E-state index < -0.39 is 5.97 Å². The molecule has 0 aliphatic heterocycles. The van der Waals surface area contributed by atoms with Gasteiger partial charge in [-0.1, -0.05) is 12.1 Å². The van der Waals surface area contributed by atoms with E-state index in [9.17, 15) is 9.18 Å². The maximum Gasteiger partial charge on any atom is 0.357 e. The number of aryl methyl sites for hydroxylation is 1. The van der Waals surface area contributed by atoms with Crippen molar-refractivity contribution in [2.24, 2.45) is 0 Å². The average Bonchev–Trinajstić information content (AvgIpc) is 2.91. The largest absolute Gasteiger partial charge is 0.476 e. The van der Waals surface area contributed by atoms with Gasteiger partial charge in [0.1, 0.15) is 5.82 Å². The number of rotatable bonds is 4. The fraction of sp³-hybridized carbons (Fsp3) is 0.125. The Kier molecular flexibility index (Phi) is 3.50. The van der Waals surface area contributed by atoms with Crippen LogP contribution in [0.4, 0.5) is 10.1 Å². The number of benzene rings is 2. The highest BCUT2D eigenvalue weighted by Crippen LogP contribution is 2.21. The maximum absolute atomic E-state index is 13.2. The van der Waals surface area contributed by atoms with Gasteiger partial charge in [-0.05, 0) is 42.3 Å². The molecule has 0 spiro atoms. The Balaban J connectivity index is 1.83. The highest BCUT2D eigenvalue weighted by atomic mass is 19.1. The molecule has 22 heavy (non-hydrogen) atoms. The van der Waals surface area contributed by atoms with E-state index in [-0.39, 0.29) is 11.5 Å². The van der Waals surface area contributed by atoms with Crippen LogP contribution in [0.25, 0.3) is 10.9 Å². The monoisotopic (exact) mass is 299 g/mol. The summed E-state index contributed by atoms with van der Waals surface area (Å²) in [5.41, 5.74) is 2.98. The number of halogens is 1. The van der Waals surface area contributed by atoms with Crippen molar-refractivity contribution in [3.05, 3.63) is 59.0 Å². The maximum atomic E-state index is 13.2. The van der Waals surface area contributed by atoms with Crippen LogP contribution in [0.2, 0.25) is 0 Å². The van der Waals surface area contributed by atoms with E-state index in [1.807, 2.05) is 6.07 Å². The van der Waals surface area contributed by atoms with Crippen LogP contribution in [0.1, 0.15) is 21.6 Å². The molecular weight excluding hydrogens is 285 g/mol. The summed E-state index contributed by atoms with van der Waals surface area (Å²) in [6.45, 7) is 2.24. The number of aromatic nitrogens is 2. The number of carboxylic acids is 1. The molecule has 0 aliphatic rings. The second-order valence-electron chi connectivity index (χ2n) is 5.07. The first kappa shape index (κ1) is 14.1. The third-order valence-electron chi connectivity index (χ3n) is 3.48. The lowest BCUT2D eigenvalue weighted by atomic mass is 10.1. The number of fused-ring (bicyclic) bond motifs is 1. The Morgan fingerprint density at radius 1 is 1.32 bits per heavy atom. The number of carbonyl (C=O) groups is 1. The van der Waals surface area contributed by atoms with Gasteiger partial charge in [0.05, 0.1) is 5.52 Å². The predicted octanol–water partition coefficient (Wildman–Crippen LogP) is 3.32. The molecule has 0 saturated carbocycles. The summed E-state index contributed by atoms with van der Waals surface area (Å²) in [7, 11) is 0. The summed E-state index contributed by atoms with van der Waals surface area (Å²) in [5, 5.41) is 19.3. The number of aromatic amines is 1. The van der Waals surface area contributed by atoms with Gasteiger partial charge < -0.3 is 10.4 Å². The standard InChI is InChI=1S/C16H14FN3O2/c1-9-6-10(2-4-13(9)17)8-18-11-3-5-14-12(7-11)15(16(21)22)20-19-14/h2-7,18H,8H2,1H3,(H,19,20)(H,21,22). The molecule has 0 bridgehead atoms. The van der Waals surface area contributed by atoms with Gasteiger partial charge in [-0.25, -0.2) is 9.18 Å². The van der Waals surface area contributed by atoms with Crippen LogP contribution in [0.5, 0.6) is 0 Å². The molecule has 5 nitrogen and oxygen atoms in total. The summed E-state index contributed by atoms with van der Waals surface area (Å²) in [4.78, 5) is 11.1. The third kappa shape index (κ3) is 2.63. The van der Waals surface area contributed by atoms with E-state index in [2.05, 4.69) is 15.5 Å². The molecule has 0 unspecified atom stereocenters. The van der Waals surface area contributed by atoms with Crippen LogP contribution in [0.15, 0.2) is 36.4 Å². The fourth-order valence-corrected chi connectivity index (χ4v) is 2.31. The van der Waals surface area contributed by atoms with Crippen molar-refractivity contribution < 1.29 is 14.3 Å². The molecule has 0 atom stereocenters. The summed E-state index contributed by atoms with van der Waals surface area (Å²) >= 11 is 0. The predicted molar refractivity (Wildman–Crippen MR) is 81.5 cm³/mol. The first-order chi connectivity index (χ1) is 10.5. The van der Waals surface area contributed by atoms with E-state index >= 15 is 0 Å². The van der Waals surface area contributed by atoms with Gasteiger partial charge in [0.2, 0.25) is 0 Å². The number of aromatic carboxylic acids is 1. The van der Waals surface area contributed by atoms with Crippen molar-refractivity contribution in [1.29, 1.82) is 0 Å². The van der Waals surface area contributed by atoms with Crippen LogP contribution in [-0.4, -0.2) is 21.3 Å². The van der Waals surface area contributed by atoms with Crippen LogP contribution >= 0.6 is 0 Å². The number of hydrogen-bond donors (Lipinski definition) is 3. The Labute approximate surface area is 125 Å². The molecule has 3 rings (SSSR count). The summed E-state index contributed by atoms with van der Waals surface area (Å²) < 4.78 is 13.2. The van der Waals surface area contributed by atoms with Crippen molar-refractivity contribution in [3.8, 4) is 0 Å². The summed E-state index contributed by atoms with van der Waals surface area (Å²) in [6.07, 6.45) is 0. The smallest absolute Gasteiger partial charge is 0.357 e. The van der Waals surface area contributed by atoms with E-state index in [0.29, 0.717) is 23.0 Å². The number of nitrogens with one attached hydrogen (secondary N) is 2. The molecular formula is C16H14FN3O2. The van der Waals surface area contributed by atoms with Crippen molar-refractivity contribution in [2.45, 2.75) is 13.5 Å². The molecule has 0 saturated heterocycles. The normalized spacial score (nSPS) is 10.8. The summed E-state index contributed by atoms with van der Waals surface area (Å²) in [5.74, 6) is -1.30. The quantitative estimate of drug-likeness (QED) is 0.690. The molecule has 0 aliphatic carbocycles. The number of nitrogens with zero attached hydrogens (tertiary/aromatic N) is 1. The van der Waals surface area contributed by atoms with Crippen LogP contribution in [-0.2, 0) is 6.54 Å².